The molecular formula is C23H27ClN2O6S. The van der Waals surface area contributed by atoms with E-state index in [0.717, 1.165) is 5.56 Å². The summed E-state index contributed by atoms with van der Waals surface area (Å²) < 4.78 is 37.7. The van der Waals surface area contributed by atoms with Gasteiger partial charge in [-0.25, -0.2) is 8.42 Å². The third kappa shape index (κ3) is 7.18. The van der Waals surface area contributed by atoms with Crippen LogP contribution in [0.3, 0.4) is 0 Å². The van der Waals surface area contributed by atoms with Crippen LogP contribution >= 0.6 is 11.6 Å². The van der Waals surface area contributed by atoms with Crippen LogP contribution in [-0.2, 0) is 24.3 Å². The zero-order valence-electron chi connectivity index (χ0n) is 18.3. The Morgan fingerprint density at radius 3 is 2.67 bits per heavy atom. The predicted octanol–water partition coefficient (Wildman–Crippen LogP) is 2.79. The predicted molar refractivity (Wildman–Crippen MR) is 124 cm³/mol. The maximum atomic E-state index is 12.9. The molecule has 0 aromatic heterocycles. The molecule has 0 spiro atoms. The first-order valence-electron chi connectivity index (χ1n) is 10.6. The van der Waals surface area contributed by atoms with Gasteiger partial charge in [-0.15, -0.1) is 0 Å². The Morgan fingerprint density at radius 2 is 1.94 bits per heavy atom. The van der Waals surface area contributed by atoms with Crippen LogP contribution in [0.25, 0.3) is 0 Å². The maximum Gasteiger partial charge on any atom is 0.310 e. The number of aryl methyl sites for hydroxylation is 1. The van der Waals surface area contributed by atoms with Gasteiger partial charge in [0, 0.05) is 18.1 Å². The molecule has 33 heavy (non-hydrogen) atoms. The number of benzene rings is 2. The lowest BCUT2D eigenvalue weighted by Crippen LogP contribution is -2.43. The van der Waals surface area contributed by atoms with Crippen LogP contribution in [0.1, 0.15) is 18.4 Å². The Hall–Kier alpha value is -2.62. The molecular weight excluding hydrogens is 468 g/mol. The quantitative estimate of drug-likeness (QED) is 0.425. The number of esters is 1. The zero-order valence-corrected chi connectivity index (χ0v) is 19.9. The number of hydrogen-bond acceptors (Lipinski definition) is 6. The molecule has 1 N–H and O–H groups in total. The SMILES string of the molecule is Cc1cccc(OCCNC(=O)COC(=O)C2CCCN(S(=O)(=O)c3ccc(Cl)cc3)C2)c1. The molecule has 0 radical (unpaired) electrons. The van der Waals surface area contributed by atoms with Gasteiger partial charge in [-0.2, -0.15) is 4.31 Å². The molecule has 1 aliphatic rings. The van der Waals surface area contributed by atoms with Crippen molar-refractivity contribution in [3.63, 3.8) is 0 Å². The summed E-state index contributed by atoms with van der Waals surface area (Å²) >= 11 is 5.84. The average molecular weight is 495 g/mol. The van der Waals surface area contributed by atoms with Gasteiger partial charge in [0.05, 0.1) is 17.4 Å². The van der Waals surface area contributed by atoms with E-state index in [0.29, 0.717) is 30.2 Å². The second-order valence-electron chi connectivity index (χ2n) is 7.78. The molecule has 178 valence electrons. The first kappa shape index (κ1) is 25.0. The van der Waals surface area contributed by atoms with Gasteiger partial charge in [-0.05, 0) is 61.7 Å². The third-order valence-corrected chi connectivity index (χ3v) is 7.33. The lowest BCUT2D eigenvalue weighted by Gasteiger charge is -2.30. The highest BCUT2D eigenvalue weighted by molar-refractivity contribution is 7.89. The number of rotatable bonds is 9. The molecule has 0 bridgehead atoms. The number of nitrogens with one attached hydrogen (secondary N) is 1. The number of carbonyl (C=O) groups excluding carboxylic acids is 2. The van der Waals surface area contributed by atoms with Crippen LogP contribution in [0.5, 0.6) is 5.75 Å². The minimum absolute atomic E-state index is 0.00967. The van der Waals surface area contributed by atoms with Crippen LogP contribution in [0.4, 0.5) is 0 Å². The summed E-state index contributed by atoms with van der Waals surface area (Å²) in [5.74, 6) is -0.945. The van der Waals surface area contributed by atoms with E-state index in [9.17, 15) is 18.0 Å². The summed E-state index contributed by atoms with van der Waals surface area (Å²) in [4.78, 5) is 24.5. The average Bonchev–Trinajstić information content (AvgIpc) is 2.81. The minimum atomic E-state index is -3.74. The molecule has 3 rings (SSSR count). The molecule has 1 unspecified atom stereocenters. The van der Waals surface area contributed by atoms with Gasteiger partial charge in [0.2, 0.25) is 10.0 Å². The van der Waals surface area contributed by atoms with Crippen LogP contribution in [0, 0.1) is 12.8 Å². The molecule has 1 amide bonds. The topological polar surface area (TPSA) is 102 Å². The van der Waals surface area contributed by atoms with E-state index < -0.39 is 34.4 Å². The summed E-state index contributed by atoms with van der Waals surface area (Å²) in [5, 5.41) is 3.07. The second kappa shape index (κ2) is 11.5. The van der Waals surface area contributed by atoms with Crippen molar-refractivity contribution in [2.75, 3.05) is 32.8 Å². The number of sulfonamides is 1. The van der Waals surface area contributed by atoms with Crippen molar-refractivity contribution in [2.24, 2.45) is 5.92 Å². The standard InChI is InChI=1S/C23H27ClN2O6S/c1-17-4-2-6-20(14-17)31-13-11-25-22(27)16-32-23(28)18-5-3-12-26(15-18)33(29,30)21-9-7-19(24)8-10-21/h2,4,6-10,14,18H,3,5,11-13,15-16H2,1H3,(H,25,27). The lowest BCUT2D eigenvalue weighted by molar-refractivity contribution is -0.153. The Morgan fingerprint density at radius 1 is 1.18 bits per heavy atom. The highest BCUT2D eigenvalue weighted by Gasteiger charge is 2.34. The fraction of sp³-hybridized carbons (Fsp3) is 0.391. The molecule has 10 heteroatoms. The van der Waals surface area contributed by atoms with Gasteiger partial charge < -0.3 is 14.8 Å². The van der Waals surface area contributed by atoms with Gasteiger partial charge in [-0.1, -0.05) is 23.7 Å². The molecule has 8 nitrogen and oxygen atoms in total. The number of piperidine rings is 1. The Balaban J connectivity index is 1.42. The van der Waals surface area contributed by atoms with Crippen LogP contribution < -0.4 is 10.1 Å². The highest BCUT2D eigenvalue weighted by atomic mass is 35.5. The molecule has 0 aliphatic carbocycles. The summed E-state index contributed by atoms with van der Waals surface area (Å²) in [7, 11) is -3.74. The molecule has 1 atom stereocenters. The van der Waals surface area contributed by atoms with Crippen LogP contribution in [0.15, 0.2) is 53.4 Å². The smallest absolute Gasteiger partial charge is 0.310 e. The molecule has 1 heterocycles. The number of amides is 1. The maximum absolute atomic E-state index is 12.9. The number of nitrogens with zero attached hydrogens (tertiary/aromatic N) is 1. The second-order valence-corrected chi connectivity index (χ2v) is 10.2. The molecule has 0 saturated carbocycles. The van der Waals surface area contributed by atoms with E-state index >= 15 is 0 Å². The Kier molecular flexibility index (Phi) is 8.71. The lowest BCUT2D eigenvalue weighted by atomic mass is 10.00. The van der Waals surface area contributed by atoms with Crippen molar-refractivity contribution < 1.29 is 27.5 Å². The van der Waals surface area contributed by atoms with Gasteiger partial charge in [0.25, 0.3) is 5.91 Å². The zero-order chi connectivity index (χ0) is 23.8. The van der Waals surface area contributed by atoms with Crippen molar-refractivity contribution in [1.82, 2.24) is 9.62 Å². The van der Waals surface area contributed by atoms with E-state index in [1.165, 1.54) is 28.6 Å². The van der Waals surface area contributed by atoms with Crippen molar-refractivity contribution in [1.29, 1.82) is 0 Å². The summed E-state index contributed by atoms with van der Waals surface area (Å²) in [6, 6.07) is 13.5. The van der Waals surface area contributed by atoms with Crippen molar-refractivity contribution in [3.05, 3.63) is 59.1 Å². The van der Waals surface area contributed by atoms with E-state index in [2.05, 4.69) is 5.32 Å². The van der Waals surface area contributed by atoms with Gasteiger partial charge in [0.15, 0.2) is 6.61 Å². The summed E-state index contributed by atoms with van der Waals surface area (Å²) in [5.41, 5.74) is 1.07. The van der Waals surface area contributed by atoms with Gasteiger partial charge in [0.1, 0.15) is 12.4 Å². The Bertz CT molecular complexity index is 1070. The van der Waals surface area contributed by atoms with Crippen LogP contribution in [0.2, 0.25) is 5.02 Å². The summed E-state index contributed by atoms with van der Waals surface area (Å²) in [6.07, 6.45) is 1.02. The van der Waals surface area contributed by atoms with Crippen LogP contribution in [-0.4, -0.2) is 57.4 Å². The fourth-order valence-corrected chi connectivity index (χ4v) is 5.13. The monoisotopic (exact) mass is 494 g/mol. The van der Waals surface area contributed by atoms with E-state index in [-0.39, 0.29) is 24.6 Å². The summed E-state index contributed by atoms with van der Waals surface area (Å²) in [6.45, 7) is 2.40. The fourth-order valence-electron chi connectivity index (χ4n) is 3.48. The van der Waals surface area contributed by atoms with E-state index in [4.69, 9.17) is 21.1 Å². The highest BCUT2D eigenvalue weighted by Crippen LogP contribution is 2.25. The Labute approximate surface area is 198 Å². The number of ether oxygens (including phenoxy) is 2. The first-order chi connectivity index (χ1) is 15.8. The number of carbonyl (C=O) groups is 2. The molecule has 1 aliphatic heterocycles. The normalized spacial score (nSPS) is 16.7. The van der Waals surface area contributed by atoms with Crippen molar-refractivity contribution in [3.8, 4) is 5.75 Å². The number of halogens is 1. The van der Waals surface area contributed by atoms with E-state index in [1.807, 2.05) is 31.2 Å². The van der Waals surface area contributed by atoms with E-state index in [1.54, 1.807) is 0 Å². The minimum Gasteiger partial charge on any atom is -0.492 e. The molecule has 1 fully saturated rings. The van der Waals surface area contributed by atoms with Crippen molar-refractivity contribution in [2.45, 2.75) is 24.7 Å². The molecule has 2 aromatic rings. The third-order valence-electron chi connectivity index (χ3n) is 5.20. The van der Waals surface area contributed by atoms with Gasteiger partial charge in [-0.3, -0.25) is 9.59 Å². The molecule has 1 saturated heterocycles. The number of hydrogen-bond donors (Lipinski definition) is 1. The first-order valence-corrected chi connectivity index (χ1v) is 12.5. The van der Waals surface area contributed by atoms with Crippen molar-refractivity contribution >= 4 is 33.5 Å². The molecule has 2 aromatic carbocycles. The van der Waals surface area contributed by atoms with Gasteiger partial charge >= 0.3 is 5.97 Å². The largest absolute Gasteiger partial charge is 0.492 e.